The molecule has 0 radical (unpaired) electrons. The highest BCUT2D eigenvalue weighted by Crippen LogP contribution is 2.43. The molecular formula is C78H67F9N6O6. The zero-order valence-corrected chi connectivity index (χ0v) is 55.0. The van der Waals surface area contributed by atoms with Gasteiger partial charge in [-0.15, -0.1) is 0 Å². The molecule has 10 aromatic carbocycles. The van der Waals surface area contributed by atoms with E-state index in [9.17, 15) is 68.3 Å². The monoisotopic (exact) mass is 1350 g/mol. The molecule has 10 aromatic rings. The number of benzene rings is 10. The van der Waals surface area contributed by atoms with Crippen molar-refractivity contribution in [3.05, 3.63) is 290 Å². The van der Waals surface area contributed by atoms with E-state index >= 15 is 0 Å². The Morgan fingerprint density at radius 1 is 0.263 bits per heavy atom. The third-order valence-corrected chi connectivity index (χ3v) is 15.9. The van der Waals surface area contributed by atoms with Gasteiger partial charge >= 0.3 is 18.5 Å². The van der Waals surface area contributed by atoms with Gasteiger partial charge in [-0.1, -0.05) is 120 Å². The lowest BCUT2D eigenvalue weighted by atomic mass is 9.94. The van der Waals surface area contributed by atoms with Crippen LogP contribution in [0.2, 0.25) is 0 Å². The van der Waals surface area contributed by atoms with Crippen molar-refractivity contribution in [2.24, 2.45) is 0 Å². The van der Waals surface area contributed by atoms with Crippen molar-refractivity contribution in [2.75, 3.05) is 37.1 Å². The van der Waals surface area contributed by atoms with E-state index in [1.54, 1.807) is 113 Å². The van der Waals surface area contributed by atoms with Crippen LogP contribution in [0.25, 0.3) is 44.5 Å². The maximum Gasteiger partial charge on any atom is 0.417 e. The van der Waals surface area contributed by atoms with Crippen molar-refractivity contribution >= 4 is 52.5 Å². The average molecular weight is 1360 g/mol. The third-order valence-electron chi connectivity index (χ3n) is 15.9. The van der Waals surface area contributed by atoms with Gasteiger partial charge < -0.3 is 31.9 Å². The Morgan fingerprint density at radius 3 is 0.778 bits per heavy atom. The van der Waals surface area contributed by atoms with Crippen molar-refractivity contribution in [3.8, 4) is 44.5 Å². The van der Waals surface area contributed by atoms with E-state index in [0.29, 0.717) is 33.4 Å². The van der Waals surface area contributed by atoms with Crippen molar-refractivity contribution in [1.29, 1.82) is 0 Å². The second kappa shape index (κ2) is 31.1. The Morgan fingerprint density at radius 2 is 0.505 bits per heavy atom. The molecule has 0 heterocycles. The van der Waals surface area contributed by atoms with E-state index in [2.05, 4.69) is 31.9 Å². The van der Waals surface area contributed by atoms with Gasteiger partial charge in [-0.3, -0.25) is 28.8 Å². The minimum Gasteiger partial charge on any atom is -0.355 e. The Kier molecular flexibility index (Phi) is 23.0. The van der Waals surface area contributed by atoms with Crippen LogP contribution in [0.1, 0.15) is 112 Å². The maximum absolute atomic E-state index is 13.9. The second-order valence-electron chi connectivity index (χ2n) is 23.1. The summed E-state index contributed by atoms with van der Waals surface area (Å²) in [6.07, 6.45) is -13.8. The number of amides is 6. The lowest BCUT2D eigenvalue weighted by molar-refractivity contribution is -0.137. The van der Waals surface area contributed by atoms with Gasteiger partial charge in [0.15, 0.2) is 0 Å². The van der Waals surface area contributed by atoms with Gasteiger partial charge in [0.1, 0.15) is 0 Å². The molecule has 0 aromatic heterocycles. The molecule has 0 saturated heterocycles. The van der Waals surface area contributed by atoms with Gasteiger partial charge in [0.25, 0.3) is 35.4 Å². The number of anilines is 3. The minimum absolute atomic E-state index is 0.0104. The van der Waals surface area contributed by atoms with Gasteiger partial charge in [-0.25, -0.2) is 0 Å². The summed E-state index contributed by atoms with van der Waals surface area (Å²) in [6, 6.07) is 52.6. The molecule has 10 rings (SSSR count). The SMILES string of the molecule is CNC(=O)c1ccc(-c2ccc(C(=O)Nc3ccc(-c4ccc(C)cc4C)c(C(F)(F)F)c3)cc2)cc1.CNC(=O)c1ccc(C(=O)Nc2ccc(-c3ccc(C)cc3C)c(C(F)(F)F)c2)cc1.CNC(=O)c1cccc(C(=O)Nc2ccc(-c3ccc(C)cc3C)c(C(F)(F)F)c2)c1. The number of halogens is 9. The van der Waals surface area contributed by atoms with Gasteiger partial charge in [-0.05, 0) is 206 Å². The number of rotatable bonds is 13. The highest BCUT2D eigenvalue weighted by Gasteiger charge is 2.37. The fraction of sp³-hybridized carbons (Fsp3) is 0.154. The second-order valence-corrected chi connectivity index (χ2v) is 23.1. The normalized spacial score (nSPS) is 11.2. The van der Waals surface area contributed by atoms with Crippen LogP contribution < -0.4 is 31.9 Å². The van der Waals surface area contributed by atoms with Crippen molar-refractivity contribution in [2.45, 2.75) is 60.1 Å². The van der Waals surface area contributed by atoms with Crippen LogP contribution in [0.4, 0.5) is 56.6 Å². The lowest BCUT2D eigenvalue weighted by Crippen LogP contribution is -2.19. The Balaban J connectivity index is 0.000000190. The van der Waals surface area contributed by atoms with E-state index in [1.165, 1.54) is 99.0 Å². The largest absolute Gasteiger partial charge is 0.417 e. The fourth-order valence-electron chi connectivity index (χ4n) is 10.9. The molecular weight excluding hydrogens is 1290 g/mol. The summed E-state index contributed by atoms with van der Waals surface area (Å²) >= 11 is 0. The number of alkyl halides is 9. The van der Waals surface area contributed by atoms with Crippen LogP contribution in [-0.4, -0.2) is 56.6 Å². The number of hydrogen-bond acceptors (Lipinski definition) is 6. The Hall–Kier alpha value is -11.6. The van der Waals surface area contributed by atoms with Gasteiger partial charge in [0.2, 0.25) is 0 Å². The number of carbonyl (C=O) groups is 6. The molecule has 0 aliphatic heterocycles. The fourth-order valence-corrected chi connectivity index (χ4v) is 10.9. The first-order valence-electron chi connectivity index (χ1n) is 30.6. The zero-order chi connectivity index (χ0) is 72.3. The van der Waals surface area contributed by atoms with Gasteiger partial charge in [0.05, 0.1) is 16.7 Å². The molecule has 21 heteroatoms. The standard InChI is InChI=1S/C30H25F3N2O2.2C24H21F3N2O2/c1-18-4-14-25(19(2)16-18)26-15-13-24(17-27(26)30(31,32)33)35-29(37)23-11-7-21(8-12-23)20-5-9-22(10-6-20)28(36)34-3;1-14-4-10-19(15(2)12-14)20-11-9-18(13-21(20)24(25,26)27)29-23(31)17-7-5-16(6-8-17)22(30)28-3;1-14-7-9-19(15(2)11-14)20-10-8-18(13-21(20)24(25,26)27)29-23(31)17-6-4-5-16(12-17)22(30)28-3/h4-17H,1-3H3,(H,34,36)(H,35,37);2*4-13H,1-3H3,(H,28,30)(H,29,31). The van der Waals surface area contributed by atoms with Crippen LogP contribution in [0.3, 0.4) is 0 Å². The van der Waals surface area contributed by atoms with E-state index in [0.717, 1.165) is 62.7 Å². The first-order chi connectivity index (χ1) is 46.8. The Labute approximate surface area is 565 Å². The molecule has 6 N–H and O–H groups in total. The van der Waals surface area contributed by atoms with E-state index in [-0.39, 0.29) is 68.2 Å². The molecule has 99 heavy (non-hydrogen) atoms. The smallest absolute Gasteiger partial charge is 0.355 e. The summed E-state index contributed by atoms with van der Waals surface area (Å²) < 4.78 is 125. The topological polar surface area (TPSA) is 175 Å². The lowest BCUT2D eigenvalue weighted by Gasteiger charge is -2.17. The molecule has 0 aliphatic carbocycles. The number of nitrogens with one attached hydrogen (secondary N) is 6. The first kappa shape index (κ1) is 73.2. The van der Waals surface area contributed by atoms with Gasteiger partial charge in [0, 0.05) is 71.6 Å². The van der Waals surface area contributed by atoms with E-state index in [1.807, 2.05) is 39.0 Å². The minimum atomic E-state index is -4.60. The van der Waals surface area contributed by atoms with Crippen molar-refractivity contribution < 1.29 is 68.3 Å². The molecule has 6 amide bonds. The highest BCUT2D eigenvalue weighted by molar-refractivity contribution is 6.07. The summed E-state index contributed by atoms with van der Waals surface area (Å²) in [5.41, 5.74) is 7.88. The molecule has 0 saturated carbocycles. The van der Waals surface area contributed by atoms with Crippen LogP contribution in [0, 0.1) is 41.5 Å². The van der Waals surface area contributed by atoms with Crippen molar-refractivity contribution in [1.82, 2.24) is 16.0 Å². The molecule has 12 nitrogen and oxygen atoms in total. The van der Waals surface area contributed by atoms with E-state index < -0.39 is 52.9 Å². The summed E-state index contributed by atoms with van der Waals surface area (Å²) in [4.78, 5) is 72.9. The van der Waals surface area contributed by atoms with Gasteiger partial charge in [-0.2, -0.15) is 39.5 Å². The third kappa shape index (κ3) is 18.5. The van der Waals surface area contributed by atoms with Crippen LogP contribution in [0.15, 0.2) is 206 Å². The summed E-state index contributed by atoms with van der Waals surface area (Å²) in [6.45, 7) is 10.9. The summed E-state index contributed by atoms with van der Waals surface area (Å²) in [5.74, 6) is -2.56. The first-order valence-corrected chi connectivity index (χ1v) is 30.6. The van der Waals surface area contributed by atoms with Crippen LogP contribution >= 0.6 is 0 Å². The highest BCUT2D eigenvalue weighted by atomic mass is 19.4. The number of carbonyl (C=O) groups excluding carboxylic acids is 6. The molecule has 0 fully saturated rings. The summed E-state index contributed by atoms with van der Waals surface area (Å²) in [7, 11) is 4.51. The molecule has 0 aliphatic rings. The molecule has 0 spiro atoms. The molecule has 0 bridgehead atoms. The van der Waals surface area contributed by atoms with Crippen molar-refractivity contribution in [3.63, 3.8) is 0 Å². The predicted molar refractivity (Wildman–Crippen MR) is 368 cm³/mol. The molecule has 0 unspecified atom stereocenters. The average Bonchev–Trinajstić information content (AvgIpc) is 0.796. The Bertz CT molecular complexity index is 4680. The number of aryl methyl sites for hydroxylation is 6. The quantitative estimate of drug-likeness (QED) is 0.0627. The van der Waals surface area contributed by atoms with Crippen LogP contribution in [-0.2, 0) is 18.5 Å². The zero-order valence-electron chi connectivity index (χ0n) is 55.0. The number of hydrogen-bond donors (Lipinski definition) is 6. The molecule has 0 atom stereocenters. The maximum atomic E-state index is 13.9. The predicted octanol–water partition coefficient (Wildman–Crippen LogP) is 18.5. The van der Waals surface area contributed by atoms with Crippen LogP contribution in [0.5, 0.6) is 0 Å². The summed E-state index contributed by atoms with van der Waals surface area (Å²) in [5, 5.41) is 15.0. The van der Waals surface area contributed by atoms with E-state index in [4.69, 9.17) is 0 Å². The molecule has 508 valence electrons.